The fourth-order valence-electron chi connectivity index (χ4n) is 2.25. The standard InChI is InChI=1S/C14H20N2O2/c1-15-6-5-10-9-16(2)12-8-14(18-4)13(17-3)7-11(10)12/h7-9,15H,5-6H2,1-4H3. The van der Waals surface area contributed by atoms with Gasteiger partial charge in [-0.25, -0.2) is 0 Å². The maximum Gasteiger partial charge on any atom is 0.162 e. The summed E-state index contributed by atoms with van der Waals surface area (Å²) in [6.45, 7) is 0.966. The molecule has 1 aromatic carbocycles. The van der Waals surface area contributed by atoms with E-state index < -0.39 is 0 Å². The topological polar surface area (TPSA) is 35.4 Å². The smallest absolute Gasteiger partial charge is 0.162 e. The molecule has 0 amide bonds. The van der Waals surface area contributed by atoms with Crippen molar-refractivity contribution in [1.29, 1.82) is 0 Å². The minimum Gasteiger partial charge on any atom is -0.493 e. The van der Waals surface area contributed by atoms with Crippen molar-refractivity contribution in [3.05, 3.63) is 23.9 Å². The number of hydrogen-bond donors (Lipinski definition) is 1. The maximum absolute atomic E-state index is 5.36. The molecule has 0 atom stereocenters. The summed E-state index contributed by atoms with van der Waals surface area (Å²) in [7, 11) is 7.35. The lowest BCUT2D eigenvalue weighted by Crippen LogP contribution is -2.09. The van der Waals surface area contributed by atoms with Crippen LogP contribution in [0.2, 0.25) is 0 Å². The first-order valence-corrected chi connectivity index (χ1v) is 6.05. The van der Waals surface area contributed by atoms with Crippen LogP contribution in [0.15, 0.2) is 18.3 Å². The number of hydrogen-bond acceptors (Lipinski definition) is 3. The van der Waals surface area contributed by atoms with E-state index in [1.165, 1.54) is 16.5 Å². The van der Waals surface area contributed by atoms with E-state index in [-0.39, 0.29) is 0 Å². The molecule has 18 heavy (non-hydrogen) atoms. The highest BCUT2D eigenvalue weighted by Gasteiger charge is 2.12. The minimum absolute atomic E-state index is 0.770. The van der Waals surface area contributed by atoms with Gasteiger partial charge in [0.15, 0.2) is 11.5 Å². The van der Waals surface area contributed by atoms with Gasteiger partial charge in [-0.3, -0.25) is 0 Å². The van der Waals surface area contributed by atoms with Crippen molar-refractivity contribution in [3.8, 4) is 11.5 Å². The number of nitrogens with one attached hydrogen (secondary N) is 1. The first-order chi connectivity index (χ1) is 8.71. The van der Waals surface area contributed by atoms with Crippen LogP contribution in [0.3, 0.4) is 0 Å². The molecule has 0 aliphatic rings. The Morgan fingerprint density at radius 1 is 1.17 bits per heavy atom. The van der Waals surface area contributed by atoms with E-state index in [9.17, 15) is 0 Å². The van der Waals surface area contributed by atoms with Gasteiger partial charge in [-0.05, 0) is 31.6 Å². The average molecular weight is 248 g/mol. The summed E-state index contributed by atoms with van der Waals surface area (Å²) >= 11 is 0. The number of ether oxygens (including phenoxy) is 2. The van der Waals surface area contributed by atoms with Gasteiger partial charge in [0, 0.05) is 24.7 Å². The Balaban J connectivity index is 2.55. The van der Waals surface area contributed by atoms with Gasteiger partial charge in [-0.15, -0.1) is 0 Å². The van der Waals surface area contributed by atoms with Crippen molar-refractivity contribution < 1.29 is 9.47 Å². The predicted molar refractivity (Wildman–Crippen MR) is 73.7 cm³/mol. The third-order valence-electron chi connectivity index (χ3n) is 3.22. The molecular weight excluding hydrogens is 228 g/mol. The van der Waals surface area contributed by atoms with Gasteiger partial charge in [0.25, 0.3) is 0 Å². The highest BCUT2D eigenvalue weighted by Crippen LogP contribution is 2.34. The van der Waals surface area contributed by atoms with E-state index in [0.29, 0.717) is 0 Å². The lowest BCUT2D eigenvalue weighted by atomic mass is 10.1. The third kappa shape index (κ3) is 2.16. The van der Waals surface area contributed by atoms with Gasteiger partial charge >= 0.3 is 0 Å². The number of fused-ring (bicyclic) bond motifs is 1. The molecule has 0 aliphatic heterocycles. The summed E-state index contributed by atoms with van der Waals surface area (Å²) in [6, 6.07) is 4.08. The molecule has 0 aliphatic carbocycles. The molecule has 98 valence electrons. The van der Waals surface area contributed by atoms with Crippen LogP contribution in [0.4, 0.5) is 0 Å². The normalized spacial score (nSPS) is 10.9. The van der Waals surface area contributed by atoms with E-state index in [2.05, 4.69) is 29.2 Å². The lowest BCUT2D eigenvalue weighted by Gasteiger charge is -2.08. The van der Waals surface area contributed by atoms with E-state index in [1.807, 2.05) is 13.1 Å². The van der Waals surface area contributed by atoms with Crippen LogP contribution < -0.4 is 14.8 Å². The van der Waals surface area contributed by atoms with Crippen molar-refractivity contribution in [2.24, 2.45) is 7.05 Å². The minimum atomic E-state index is 0.770. The van der Waals surface area contributed by atoms with Crippen molar-refractivity contribution in [2.45, 2.75) is 6.42 Å². The number of methoxy groups -OCH3 is 2. The van der Waals surface area contributed by atoms with Crippen LogP contribution in [0.1, 0.15) is 5.56 Å². The van der Waals surface area contributed by atoms with Crippen molar-refractivity contribution in [3.63, 3.8) is 0 Å². The zero-order valence-electron chi connectivity index (χ0n) is 11.4. The number of likely N-dealkylation sites (N-methyl/N-ethyl adjacent to an activating group) is 1. The molecule has 2 rings (SSSR count). The fourth-order valence-corrected chi connectivity index (χ4v) is 2.25. The average Bonchev–Trinajstić information content (AvgIpc) is 2.71. The Labute approximate surface area is 107 Å². The Morgan fingerprint density at radius 3 is 2.44 bits per heavy atom. The van der Waals surface area contributed by atoms with Gasteiger partial charge < -0.3 is 19.4 Å². The van der Waals surface area contributed by atoms with Crippen molar-refractivity contribution in [1.82, 2.24) is 9.88 Å². The molecule has 2 aromatic rings. The Kier molecular flexibility index (Phi) is 3.77. The number of nitrogens with zero attached hydrogens (tertiary/aromatic N) is 1. The van der Waals surface area contributed by atoms with Crippen LogP contribution in [0, 0.1) is 0 Å². The first-order valence-electron chi connectivity index (χ1n) is 6.05. The van der Waals surface area contributed by atoms with E-state index in [4.69, 9.17) is 9.47 Å². The first kappa shape index (κ1) is 12.8. The summed E-state index contributed by atoms with van der Waals surface area (Å²) in [5.74, 6) is 1.55. The van der Waals surface area contributed by atoms with Crippen LogP contribution in [0.25, 0.3) is 10.9 Å². The van der Waals surface area contributed by atoms with Gasteiger partial charge in [-0.1, -0.05) is 0 Å². The molecular formula is C14H20N2O2. The Morgan fingerprint density at radius 2 is 1.83 bits per heavy atom. The summed E-state index contributed by atoms with van der Waals surface area (Å²) in [4.78, 5) is 0. The second-order valence-electron chi connectivity index (χ2n) is 4.34. The van der Waals surface area contributed by atoms with Gasteiger partial charge in [0.05, 0.1) is 19.7 Å². The van der Waals surface area contributed by atoms with Gasteiger partial charge in [0.2, 0.25) is 0 Å². The molecule has 1 heterocycles. The van der Waals surface area contributed by atoms with Crippen LogP contribution in [-0.2, 0) is 13.5 Å². The number of aromatic nitrogens is 1. The Bertz CT molecular complexity index is 546. The second-order valence-corrected chi connectivity index (χ2v) is 4.34. The molecule has 0 saturated carbocycles. The fraction of sp³-hybridized carbons (Fsp3) is 0.429. The van der Waals surface area contributed by atoms with E-state index >= 15 is 0 Å². The van der Waals surface area contributed by atoms with Gasteiger partial charge in [0.1, 0.15) is 0 Å². The van der Waals surface area contributed by atoms with Crippen LogP contribution in [0.5, 0.6) is 11.5 Å². The zero-order valence-corrected chi connectivity index (χ0v) is 11.4. The lowest BCUT2D eigenvalue weighted by molar-refractivity contribution is 0.355. The van der Waals surface area contributed by atoms with Crippen LogP contribution in [-0.4, -0.2) is 32.4 Å². The summed E-state index contributed by atoms with van der Waals surface area (Å²) in [5.41, 5.74) is 2.49. The summed E-state index contributed by atoms with van der Waals surface area (Å²) in [6.07, 6.45) is 3.17. The number of rotatable bonds is 5. The molecule has 0 spiro atoms. The maximum atomic E-state index is 5.36. The molecule has 4 nitrogen and oxygen atoms in total. The highest BCUT2D eigenvalue weighted by atomic mass is 16.5. The zero-order chi connectivity index (χ0) is 13.1. The van der Waals surface area contributed by atoms with Crippen molar-refractivity contribution in [2.75, 3.05) is 27.8 Å². The molecule has 0 radical (unpaired) electrons. The quantitative estimate of drug-likeness (QED) is 0.878. The largest absolute Gasteiger partial charge is 0.493 e. The SMILES string of the molecule is CNCCc1cn(C)c2cc(OC)c(OC)cc12. The second kappa shape index (κ2) is 5.31. The molecule has 1 N–H and O–H groups in total. The summed E-state index contributed by atoms with van der Waals surface area (Å²) in [5, 5.41) is 4.40. The van der Waals surface area contributed by atoms with E-state index in [0.717, 1.165) is 24.5 Å². The van der Waals surface area contributed by atoms with E-state index in [1.54, 1.807) is 14.2 Å². The third-order valence-corrected chi connectivity index (χ3v) is 3.22. The highest BCUT2D eigenvalue weighted by molar-refractivity contribution is 5.87. The van der Waals surface area contributed by atoms with Crippen molar-refractivity contribution >= 4 is 10.9 Å². The molecule has 0 saturated heterocycles. The van der Waals surface area contributed by atoms with Crippen LogP contribution >= 0.6 is 0 Å². The summed E-state index contributed by atoms with van der Waals surface area (Å²) < 4.78 is 12.8. The molecule has 1 aromatic heterocycles. The Hall–Kier alpha value is -1.68. The molecule has 4 heteroatoms. The van der Waals surface area contributed by atoms with Gasteiger partial charge in [-0.2, -0.15) is 0 Å². The molecule has 0 unspecified atom stereocenters. The predicted octanol–water partition coefficient (Wildman–Crippen LogP) is 1.96. The monoisotopic (exact) mass is 248 g/mol. The molecule has 0 bridgehead atoms. The number of benzene rings is 1. The molecule has 0 fully saturated rings. The number of aryl methyl sites for hydroxylation is 1.